The van der Waals surface area contributed by atoms with Crippen molar-refractivity contribution < 1.29 is 19.8 Å². The van der Waals surface area contributed by atoms with Gasteiger partial charge >= 0.3 is 5.91 Å². The van der Waals surface area contributed by atoms with Gasteiger partial charge in [0, 0.05) is 46.8 Å². The number of likely N-dealkylation sites (N-methyl/N-ethyl adjacent to an activating group) is 1. The molecule has 2 aromatic rings. The maximum atomic E-state index is 13.4. The van der Waals surface area contributed by atoms with E-state index in [2.05, 4.69) is 18.9 Å². The summed E-state index contributed by atoms with van der Waals surface area (Å²) in [6, 6.07) is 14.9. The van der Waals surface area contributed by atoms with Gasteiger partial charge in [-0.2, -0.15) is 0 Å². The molecule has 2 heterocycles. The van der Waals surface area contributed by atoms with Gasteiger partial charge < -0.3 is 10.0 Å². The van der Waals surface area contributed by atoms with Crippen LogP contribution in [0.2, 0.25) is 5.02 Å². The average molecular weight is 490 g/mol. The first-order valence-electron chi connectivity index (χ1n) is 11.9. The van der Waals surface area contributed by atoms with Gasteiger partial charge in [0.05, 0.1) is 0 Å². The summed E-state index contributed by atoms with van der Waals surface area (Å²) in [5.41, 5.74) is 4.17. The van der Waals surface area contributed by atoms with E-state index in [0.717, 1.165) is 23.4 Å². The average Bonchev–Trinajstić information content (AvgIpc) is 3.24. The number of para-hydroxylation sites is 1. The highest BCUT2D eigenvalue weighted by Crippen LogP contribution is 2.49. The third kappa shape index (κ3) is 3.55. The second-order valence-electron chi connectivity index (χ2n) is 9.81. The summed E-state index contributed by atoms with van der Waals surface area (Å²) in [4.78, 5) is 28.8. The predicted molar refractivity (Wildman–Crippen MR) is 135 cm³/mol. The molecular formula is C28H28ClN3O3. The number of hydrazine groups is 1. The molecule has 1 amide bonds. The number of amides is 1. The SMILES string of the molecule is CCCC1=[NH+]N(c2ccccc2)C(=O)/C1=C1/C(=O)C(/C=C2/N(C)c3ccc(Cl)cc3C2(C)C)C1[O-]. The number of carbonyl (C=O) groups excluding carboxylic acids is 2. The zero-order valence-electron chi connectivity index (χ0n) is 20.3. The molecule has 1 aliphatic carbocycles. The molecule has 0 spiro atoms. The molecule has 3 aliphatic rings. The van der Waals surface area contributed by atoms with Crippen LogP contribution in [0.15, 0.2) is 71.5 Å². The van der Waals surface area contributed by atoms with Gasteiger partial charge in [0.15, 0.2) is 5.78 Å². The van der Waals surface area contributed by atoms with Crippen LogP contribution in [0.5, 0.6) is 0 Å². The van der Waals surface area contributed by atoms with Gasteiger partial charge in [-0.15, -0.1) is 5.10 Å². The number of benzene rings is 2. The standard InChI is InChI=1S/C28H27ClN3O3/c1-5-9-20-23(27(35)32(30-20)17-10-7-6-8-11-17)24-25(33)18(26(24)34)15-22-28(2,3)19-14-16(29)12-13-21(19)31(22)4/h6-8,10-15,18,25H,5,9H2,1-4H3/q-1/p+1/b22-15+,24-23+. The first-order chi connectivity index (χ1) is 16.7. The molecular weight excluding hydrogens is 462 g/mol. The highest BCUT2D eigenvalue weighted by Gasteiger charge is 2.48. The fourth-order valence-electron chi connectivity index (χ4n) is 5.40. The van der Waals surface area contributed by atoms with Crippen molar-refractivity contribution in [1.82, 2.24) is 0 Å². The Bertz CT molecular complexity index is 1330. The Morgan fingerprint density at radius 1 is 1.14 bits per heavy atom. The molecule has 6 nitrogen and oxygen atoms in total. The van der Waals surface area contributed by atoms with Gasteiger partial charge in [0.25, 0.3) is 0 Å². The number of anilines is 2. The predicted octanol–water partition coefficient (Wildman–Crippen LogP) is 2.46. The molecule has 0 aromatic heterocycles. The summed E-state index contributed by atoms with van der Waals surface area (Å²) in [6.07, 6.45) is 1.85. The molecule has 1 N–H and O–H groups in total. The fourth-order valence-corrected chi connectivity index (χ4v) is 5.57. The second kappa shape index (κ2) is 8.47. The topological polar surface area (TPSA) is 77.7 Å². The third-order valence-electron chi connectivity index (χ3n) is 7.26. The van der Waals surface area contributed by atoms with Gasteiger partial charge in [0.2, 0.25) is 5.71 Å². The summed E-state index contributed by atoms with van der Waals surface area (Å²) in [5.74, 6) is -1.44. The van der Waals surface area contributed by atoms with Crippen LogP contribution in [0.4, 0.5) is 11.4 Å². The molecule has 2 aliphatic heterocycles. The smallest absolute Gasteiger partial charge is 0.320 e. The third-order valence-corrected chi connectivity index (χ3v) is 7.50. The van der Waals surface area contributed by atoms with E-state index in [9.17, 15) is 14.7 Å². The molecule has 2 aromatic carbocycles. The molecule has 180 valence electrons. The van der Waals surface area contributed by atoms with E-state index < -0.39 is 17.4 Å². The van der Waals surface area contributed by atoms with Crippen LogP contribution in [0.25, 0.3) is 0 Å². The second-order valence-corrected chi connectivity index (χ2v) is 10.2. The maximum absolute atomic E-state index is 13.4. The summed E-state index contributed by atoms with van der Waals surface area (Å²) in [7, 11) is 1.94. The number of hydrogen-bond donors (Lipinski definition) is 1. The number of fused-ring (bicyclic) bond motifs is 1. The molecule has 7 heteroatoms. The van der Waals surface area contributed by atoms with Crippen molar-refractivity contribution >= 4 is 40.4 Å². The molecule has 2 unspecified atom stereocenters. The lowest BCUT2D eigenvalue weighted by Gasteiger charge is -2.43. The van der Waals surface area contributed by atoms with Crippen LogP contribution in [0, 0.1) is 5.92 Å². The van der Waals surface area contributed by atoms with Crippen LogP contribution in [-0.2, 0) is 15.0 Å². The number of hydrazone groups is 1. The van der Waals surface area contributed by atoms with Crippen molar-refractivity contribution in [2.75, 3.05) is 17.0 Å². The highest BCUT2D eigenvalue weighted by molar-refractivity contribution is 6.31. The summed E-state index contributed by atoms with van der Waals surface area (Å²) in [6.45, 7) is 6.13. The van der Waals surface area contributed by atoms with Crippen molar-refractivity contribution in [3.8, 4) is 0 Å². The molecule has 35 heavy (non-hydrogen) atoms. The first-order valence-corrected chi connectivity index (χ1v) is 12.3. The quantitative estimate of drug-likeness (QED) is 0.669. The van der Waals surface area contributed by atoms with E-state index >= 15 is 0 Å². The lowest BCUT2D eigenvalue weighted by atomic mass is 9.70. The van der Waals surface area contributed by atoms with Crippen molar-refractivity contribution in [3.05, 3.63) is 82.0 Å². The van der Waals surface area contributed by atoms with Gasteiger partial charge in [-0.25, -0.2) is 0 Å². The Hall–Kier alpha value is -3.22. The minimum atomic E-state index is -1.30. The number of allylic oxidation sites excluding steroid dienone is 1. The van der Waals surface area contributed by atoms with Gasteiger partial charge in [-0.3, -0.25) is 9.59 Å². The van der Waals surface area contributed by atoms with E-state index in [1.165, 1.54) is 5.01 Å². The Morgan fingerprint density at radius 3 is 2.51 bits per heavy atom. The zero-order chi connectivity index (χ0) is 25.1. The summed E-state index contributed by atoms with van der Waals surface area (Å²) in [5, 5.41) is 18.6. The number of carbonyl (C=O) groups is 2. The largest absolute Gasteiger partial charge is 0.848 e. The lowest BCUT2D eigenvalue weighted by molar-refractivity contribution is -0.456. The van der Waals surface area contributed by atoms with E-state index in [1.807, 2.05) is 67.4 Å². The van der Waals surface area contributed by atoms with Crippen LogP contribution >= 0.6 is 11.6 Å². The van der Waals surface area contributed by atoms with Crippen molar-refractivity contribution in [3.63, 3.8) is 0 Å². The molecule has 2 atom stereocenters. The minimum absolute atomic E-state index is 0.0882. The van der Waals surface area contributed by atoms with E-state index in [0.29, 0.717) is 22.8 Å². The molecule has 1 fully saturated rings. The number of ketones is 1. The summed E-state index contributed by atoms with van der Waals surface area (Å²) < 4.78 is 0. The van der Waals surface area contributed by atoms with E-state index in [-0.39, 0.29) is 22.8 Å². The minimum Gasteiger partial charge on any atom is -0.848 e. The fraction of sp³-hybridized carbons (Fsp3) is 0.321. The number of halogens is 1. The van der Waals surface area contributed by atoms with Crippen LogP contribution in [0.1, 0.15) is 39.2 Å². The van der Waals surface area contributed by atoms with Gasteiger partial charge in [0.1, 0.15) is 11.3 Å². The van der Waals surface area contributed by atoms with Gasteiger partial charge in [-0.1, -0.05) is 67.8 Å². The van der Waals surface area contributed by atoms with Crippen molar-refractivity contribution in [1.29, 1.82) is 0 Å². The number of Topliss-reactive ketones (excluding diaryl/α,β-unsaturated/α-hetero) is 1. The zero-order valence-corrected chi connectivity index (χ0v) is 21.0. The molecule has 0 saturated heterocycles. The Kier molecular flexibility index (Phi) is 5.69. The van der Waals surface area contributed by atoms with E-state index in [1.54, 1.807) is 6.08 Å². The molecule has 5 rings (SSSR count). The molecule has 0 radical (unpaired) electrons. The number of nitrogens with zero attached hydrogens (tertiary/aromatic N) is 2. The van der Waals surface area contributed by atoms with Gasteiger partial charge in [-0.05, 0) is 42.3 Å². The summed E-state index contributed by atoms with van der Waals surface area (Å²) >= 11 is 6.25. The van der Waals surface area contributed by atoms with Crippen LogP contribution in [-0.4, -0.2) is 30.6 Å². The Morgan fingerprint density at radius 2 is 1.86 bits per heavy atom. The first kappa shape index (κ1) is 23.5. The maximum Gasteiger partial charge on any atom is 0.320 e. The number of hydrogen-bond acceptors (Lipinski definition) is 4. The lowest BCUT2D eigenvalue weighted by Crippen LogP contribution is -2.81. The van der Waals surface area contributed by atoms with Crippen LogP contribution < -0.4 is 20.1 Å². The molecule has 0 bridgehead atoms. The normalized spacial score (nSPS) is 26.3. The number of rotatable bonds is 4. The highest BCUT2D eigenvalue weighted by atomic mass is 35.5. The molecule has 1 saturated carbocycles. The van der Waals surface area contributed by atoms with Crippen molar-refractivity contribution in [2.45, 2.75) is 45.1 Å². The number of nitrogens with one attached hydrogen (secondary N) is 1. The monoisotopic (exact) mass is 489 g/mol. The van der Waals surface area contributed by atoms with E-state index in [4.69, 9.17) is 11.6 Å². The Labute approximate surface area is 210 Å². The van der Waals surface area contributed by atoms with Crippen molar-refractivity contribution in [2.24, 2.45) is 5.92 Å². The Balaban J connectivity index is 1.50. The van der Waals surface area contributed by atoms with Crippen LogP contribution in [0.3, 0.4) is 0 Å².